The van der Waals surface area contributed by atoms with Gasteiger partial charge in [0.15, 0.2) is 0 Å². The molecule has 0 aliphatic heterocycles. The Morgan fingerprint density at radius 3 is 1.25 bits per heavy atom. The van der Waals surface area contributed by atoms with Crippen LogP contribution >= 0.6 is 0 Å². The van der Waals surface area contributed by atoms with Gasteiger partial charge in [0.25, 0.3) is 11.4 Å². The minimum atomic E-state index is -1.12. The van der Waals surface area contributed by atoms with E-state index in [0.717, 1.165) is 25.7 Å². The number of unbranched alkanes of at least 4 members (excludes halogenated alkanes) is 10. The lowest BCUT2D eigenvalue weighted by Gasteiger charge is -2.13. The Labute approximate surface area is 305 Å². The summed E-state index contributed by atoms with van der Waals surface area (Å²) in [7, 11) is 0. The van der Waals surface area contributed by atoms with Gasteiger partial charge in [0.1, 0.15) is 23.0 Å². The zero-order valence-corrected chi connectivity index (χ0v) is 30.1. The number of carbonyl (C=O) groups excluding carboxylic acids is 1. The second kappa shape index (κ2) is 21.0. The van der Waals surface area contributed by atoms with E-state index in [4.69, 9.17) is 18.9 Å². The van der Waals surface area contributed by atoms with Crippen molar-refractivity contribution in [3.8, 4) is 45.3 Å². The first-order valence-corrected chi connectivity index (χ1v) is 18.2. The summed E-state index contributed by atoms with van der Waals surface area (Å²) in [5, 5.41) is 23.2. The van der Waals surface area contributed by atoms with Crippen LogP contribution in [0.25, 0.3) is 22.3 Å². The number of hydrogen-bond donors (Lipinski definition) is 0. The monoisotopic (exact) mass is 712 g/mol. The highest BCUT2D eigenvalue weighted by atomic mass is 16.7. The van der Waals surface area contributed by atoms with Crippen molar-refractivity contribution in [2.24, 2.45) is 0 Å². The maximum Gasteiger partial charge on any atom is 0.519 e. The van der Waals surface area contributed by atoms with Gasteiger partial charge in [-0.3, -0.25) is 20.2 Å². The second-order valence-corrected chi connectivity index (χ2v) is 12.6. The van der Waals surface area contributed by atoms with Gasteiger partial charge in [-0.05, 0) is 60.4 Å². The average molecular weight is 713 g/mol. The number of benzene rings is 4. The molecule has 0 aromatic heterocycles. The van der Waals surface area contributed by atoms with E-state index >= 15 is 0 Å². The topological polar surface area (TPSA) is 140 Å². The van der Waals surface area contributed by atoms with Crippen LogP contribution in [0, 0.1) is 20.2 Å². The van der Waals surface area contributed by atoms with Gasteiger partial charge in [0.05, 0.1) is 23.1 Å². The summed E-state index contributed by atoms with van der Waals surface area (Å²) >= 11 is 0. The first-order chi connectivity index (χ1) is 25.3. The summed E-state index contributed by atoms with van der Waals surface area (Å²) in [6.45, 7) is 5.55. The van der Waals surface area contributed by atoms with Gasteiger partial charge in [-0.15, -0.1) is 0 Å². The summed E-state index contributed by atoms with van der Waals surface area (Å²) in [6, 6.07) is 21.8. The highest BCUT2D eigenvalue weighted by Gasteiger charge is 2.21. The zero-order chi connectivity index (χ0) is 37.1. The molecule has 0 spiro atoms. The van der Waals surface area contributed by atoms with Crippen LogP contribution in [0.2, 0.25) is 0 Å². The van der Waals surface area contributed by atoms with Gasteiger partial charge in [0.2, 0.25) is 0 Å². The predicted molar refractivity (Wildman–Crippen MR) is 201 cm³/mol. The molecule has 0 atom stereocenters. The molecule has 0 aliphatic rings. The molecule has 0 heterocycles. The molecule has 11 heteroatoms. The third-order valence-electron chi connectivity index (χ3n) is 8.60. The fourth-order valence-corrected chi connectivity index (χ4v) is 5.70. The smallest absolute Gasteiger partial charge is 0.494 e. The molecule has 0 saturated carbocycles. The molecule has 0 N–H and O–H groups in total. The number of rotatable bonds is 22. The Hall–Kier alpha value is -5.45. The minimum absolute atomic E-state index is 0.0340. The fourth-order valence-electron chi connectivity index (χ4n) is 5.70. The van der Waals surface area contributed by atoms with Gasteiger partial charge < -0.3 is 18.9 Å². The summed E-state index contributed by atoms with van der Waals surface area (Å²) in [4.78, 5) is 35.4. The predicted octanol–water partition coefficient (Wildman–Crippen LogP) is 11.9. The molecule has 4 rings (SSSR count). The number of hydrogen-bond acceptors (Lipinski definition) is 9. The first-order valence-electron chi connectivity index (χ1n) is 18.2. The molecule has 52 heavy (non-hydrogen) atoms. The Balaban J connectivity index is 1.45. The van der Waals surface area contributed by atoms with Gasteiger partial charge >= 0.3 is 6.16 Å². The van der Waals surface area contributed by atoms with Gasteiger partial charge in [-0.25, -0.2) is 4.79 Å². The Kier molecular flexibility index (Phi) is 15.9. The average Bonchev–Trinajstić information content (AvgIpc) is 3.15. The Morgan fingerprint density at radius 2 is 0.885 bits per heavy atom. The number of carbonyl (C=O) groups is 1. The van der Waals surface area contributed by atoms with Gasteiger partial charge in [0, 0.05) is 35.4 Å². The van der Waals surface area contributed by atoms with Crippen LogP contribution in [0.5, 0.6) is 23.0 Å². The summed E-state index contributed by atoms with van der Waals surface area (Å²) < 4.78 is 22.9. The molecule has 276 valence electrons. The van der Waals surface area contributed by atoms with Gasteiger partial charge in [-0.2, -0.15) is 0 Å². The summed E-state index contributed by atoms with van der Waals surface area (Å²) in [6.07, 6.45) is 12.7. The first kappa shape index (κ1) is 39.3. The van der Waals surface area contributed by atoms with Crippen molar-refractivity contribution in [1.82, 2.24) is 0 Å². The van der Waals surface area contributed by atoms with E-state index < -0.39 is 16.0 Å². The molecule has 0 fully saturated rings. The zero-order valence-electron chi connectivity index (χ0n) is 30.1. The number of nitro benzene ring substituents is 2. The van der Waals surface area contributed by atoms with Crippen LogP contribution in [-0.2, 0) is 0 Å². The van der Waals surface area contributed by atoms with Crippen LogP contribution in [0.1, 0.15) is 90.9 Å². The van der Waals surface area contributed by atoms with Crippen molar-refractivity contribution in [2.75, 3.05) is 13.2 Å². The van der Waals surface area contributed by atoms with E-state index in [0.29, 0.717) is 47.0 Å². The van der Waals surface area contributed by atoms with Crippen LogP contribution in [0.4, 0.5) is 16.2 Å². The maximum atomic E-state index is 13.2. The molecule has 0 saturated heterocycles. The number of nitro groups is 2. The number of nitrogens with zero attached hydrogens (tertiary/aromatic N) is 2. The Morgan fingerprint density at radius 1 is 0.519 bits per heavy atom. The van der Waals surface area contributed by atoms with Gasteiger partial charge in [-0.1, -0.05) is 102 Å². The van der Waals surface area contributed by atoms with E-state index in [-0.39, 0.29) is 22.9 Å². The van der Waals surface area contributed by atoms with Crippen molar-refractivity contribution >= 4 is 17.5 Å². The third kappa shape index (κ3) is 12.4. The van der Waals surface area contributed by atoms with E-state index in [1.165, 1.54) is 87.8 Å². The largest absolute Gasteiger partial charge is 0.519 e. The molecule has 0 bridgehead atoms. The van der Waals surface area contributed by atoms with Crippen molar-refractivity contribution in [2.45, 2.75) is 90.9 Å². The Bertz CT molecular complexity index is 1610. The van der Waals surface area contributed by atoms with Crippen molar-refractivity contribution < 1.29 is 33.6 Å². The number of ether oxygens (including phenoxy) is 4. The third-order valence-corrected chi connectivity index (χ3v) is 8.60. The fraction of sp³-hybridized carbons (Fsp3) is 0.390. The van der Waals surface area contributed by atoms with Crippen molar-refractivity contribution in [1.29, 1.82) is 0 Å². The van der Waals surface area contributed by atoms with Crippen molar-refractivity contribution in [3.63, 3.8) is 0 Å². The molecule has 4 aromatic rings. The van der Waals surface area contributed by atoms with E-state index in [9.17, 15) is 25.0 Å². The van der Waals surface area contributed by atoms with Crippen LogP contribution in [-0.4, -0.2) is 29.2 Å². The molecule has 0 aliphatic carbocycles. The normalized spacial score (nSPS) is 10.8. The lowest BCUT2D eigenvalue weighted by Crippen LogP contribution is -2.15. The number of non-ortho nitro benzene ring substituents is 2. The SMILES string of the molecule is CCCCCCCCOc1ccc(-c2cc([N+](=O)[O-])ccc2OC(=O)Oc2ccc([N+](=O)[O-])cc2-c2ccc(OCCCCCCCC)cc2)cc1. The van der Waals surface area contributed by atoms with E-state index in [2.05, 4.69) is 13.8 Å². The lowest BCUT2D eigenvalue weighted by atomic mass is 10.0. The minimum Gasteiger partial charge on any atom is -0.494 e. The molecule has 0 unspecified atom stereocenters. The molecular weight excluding hydrogens is 664 g/mol. The maximum absolute atomic E-state index is 13.2. The molecule has 4 aromatic carbocycles. The molecule has 0 amide bonds. The molecule has 0 radical (unpaired) electrons. The quantitative estimate of drug-likeness (QED) is 0.0256. The lowest BCUT2D eigenvalue weighted by molar-refractivity contribution is -0.385. The van der Waals surface area contributed by atoms with E-state index in [1.54, 1.807) is 48.5 Å². The van der Waals surface area contributed by atoms with Crippen LogP contribution in [0.3, 0.4) is 0 Å². The summed E-state index contributed by atoms with van der Waals surface area (Å²) in [5.74, 6) is 1.39. The standard InChI is InChI=1S/C41H48N2O9/c1-3-5-7-9-11-13-27-49-35-21-15-31(16-22-35)37-29-33(42(45)46)19-25-39(37)51-41(44)52-40-26-20-34(43(47)48)30-38(40)32-17-23-36(24-18-32)50-28-14-12-10-8-6-4-2/h15-26,29-30H,3-14,27-28H2,1-2H3. The summed E-state index contributed by atoms with van der Waals surface area (Å²) in [5.41, 5.74) is 1.36. The highest BCUT2D eigenvalue weighted by Crippen LogP contribution is 2.37. The van der Waals surface area contributed by atoms with E-state index in [1.807, 2.05) is 0 Å². The molecular formula is C41H48N2O9. The van der Waals surface area contributed by atoms with Crippen LogP contribution in [0.15, 0.2) is 84.9 Å². The van der Waals surface area contributed by atoms with Crippen molar-refractivity contribution in [3.05, 3.63) is 105 Å². The molecule has 11 nitrogen and oxygen atoms in total. The highest BCUT2D eigenvalue weighted by molar-refractivity contribution is 5.80. The second-order valence-electron chi connectivity index (χ2n) is 12.6. The van der Waals surface area contributed by atoms with Crippen LogP contribution < -0.4 is 18.9 Å².